The topological polar surface area (TPSA) is 94.4 Å². The number of hydrogen-bond donors (Lipinski definition) is 1. The van der Waals surface area contributed by atoms with E-state index in [4.69, 9.17) is 0 Å². The van der Waals surface area contributed by atoms with E-state index in [9.17, 15) is 18.8 Å². The molecule has 0 unspecified atom stereocenters. The van der Waals surface area contributed by atoms with Gasteiger partial charge in [-0.25, -0.2) is 9.29 Å². The molecule has 0 bridgehead atoms. The van der Waals surface area contributed by atoms with Crippen LogP contribution in [0.1, 0.15) is 16.7 Å². The SMILES string of the molecule is Cc1ccc(N2C(=O)[C@H]3N=NN(CC(=O)Nc4ccc(C)c(F)c4)[C@@H]3C2=O)cc1C. The van der Waals surface area contributed by atoms with E-state index in [0.29, 0.717) is 16.9 Å². The molecule has 1 fully saturated rings. The van der Waals surface area contributed by atoms with E-state index in [1.807, 2.05) is 19.9 Å². The summed E-state index contributed by atoms with van der Waals surface area (Å²) in [6.07, 6.45) is 0. The van der Waals surface area contributed by atoms with E-state index in [1.54, 1.807) is 31.2 Å². The summed E-state index contributed by atoms with van der Waals surface area (Å²) in [7, 11) is 0. The van der Waals surface area contributed by atoms with Gasteiger partial charge in [-0.2, -0.15) is 5.11 Å². The van der Waals surface area contributed by atoms with Gasteiger partial charge in [0.1, 0.15) is 12.4 Å². The Kier molecular flexibility index (Phi) is 4.81. The maximum Gasteiger partial charge on any atom is 0.263 e. The first-order valence-electron chi connectivity index (χ1n) is 9.45. The zero-order chi connectivity index (χ0) is 21.6. The van der Waals surface area contributed by atoms with E-state index >= 15 is 0 Å². The van der Waals surface area contributed by atoms with Gasteiger partial charge in [-0.15, -0.1) is 0 Å². The van der Waals surface area contributed by atoms with E-state index in [-0.39, 0.29) is 6.54 Å². The van der Waals surface area contributed by atoms with Crippen LogP contribution in [0.3, 0.4) is 0 Å². The highest BCUT2D eigenvalue weighted by molar-refractivity contribution is 6.25. The molecule has 0 aliphatic carbocycles. The number of hydrogen-bond acceptors (Lipinski definition) is 6. The number of carbonyl (C=O) groups excluding carboxylic acids is 3. The van der Waals surface area contributed by atoms with Crippen LogP contribution in [0.5, 0.6) is 0 Å². The van der Waals surface area contributed by atoms with Gasteiger partial charge in [0.2, 0.25) is 5.91 Å². The molecule has 2 heterocycles. The molecule has 1 N–H and O–H groups in total. The number of aryl methyl sites for hydroxylation is 3. The second-order valence-corrected chi connectivity index (χ2v) is 7.48. The summed E-state index contributed by atoms with van der Waals surface area (Å²) in [6.45, 7) is 5.17. The van der Waals surface area contributed by atoms with Gasteiger partial charge in [-0.3, -0.25) is 19.4 Å². The van der Waals surface area contributed by atoms with Gasteiger partial charge in [0, 0.05) is 5.69 Å². The lowest BCUT2D eigenvalue weighted by molar-refractivity contribution is -0.123. The molecular formula is C21H20FN5O3. The molecule has 30 heavy (non-hydrogen) atoms. The third-order valence-electron chi connectivity index (χ3n) is 5.37. The average Bonchev–Trinajstić information content (AvgIpc) is 3.21. The van der Waals surface area contributed by atoms with Gasteiger partial charge < -0.3 is 5.32 Å². The van der Waals surface area contributed by atoms with E-state index in [1.165, 1.54) is 11.1 Å². The van der Waals surface area contributed by atoms with Crippen LogP contribution in [0.2, 0.25) is 0 Å². The molecule has 9 heteroatoms. The molecule has 2 atom stereocenters. The Labute approximate surface area is 172 Å². The predicted molar refractivity (Wildman–Crippen MR) is 107 cm³/mol. The lowest BCUT2D eigenvalue weighted by Crippen LogP contribution is -2.43. The van der Waals surface area contributed by atoms with Crippen LogP contribution in [0.4, 0.5) is 15.8 Å². The van der Waals surface area contributed by atoms with Gasteiger partial charge in [-0.05, 0) is 61.7 Å². The van der Waals surface area contributed by atoms with Crippen LogP contribution in [0.15, 0.2) is 46.7 Å². The largest absolute Gasteiger partial charge is 0.324 e. The molecule has 2 aliphatic rings. The normalized spacial score (nSPS) is 20.1. The third kappa shape index (κ3) is 3.32. The highest BCUT2D eigenvalue weighted by Crippen LogP contribution is 2.32. The van der Waals surface area contributed by atoms with Crippen LogP contribution in [0, 0.1) is 26.6 Å². The molecule has 0 saturated carbocycles. The molecule has 1 saturated heterocycles. The number of halogens is 1. The van der Waals surface area contributed by atoms with E-state index in [0.717, 1.165) is 16.0 Å². The van der Waals surface area contributed by atoms with Crippen LogP contribution in [-0.2, 0) is 14.4 Å². The maximum absolute atomic E-state index is 13.7. The number of benzene rings is 2. The Morgan fingerprint density at radius 2 is 1.77 bits per heavy atom. The first-order valence-corrected chi connectivity index (χ1v) is 9.45. The Balaban J connectivity index is 1.49. The minimum absolute atomic E-state index is 0.292. The van der Waals surface area contributed by atoms with Crippen LogP contribution < -0.4 is 10.2 Å². The van der Waals surface area contributed by atoms with Crippen molar-refractivity contribution in [3.8, 4) is 0 Å². The standard InChI is InChI=1S/C21H20FN5O3/c1-11-5-7-15(8-13(11)3)27-20(29)18-19(21(27)30)26(25-24-18)10-17(28)23-14-6-4-12(2)16(22)9-14/h4-9,18-19H,10H2,1-3H3,(H,23,28)/t18-,19-/m0/s1. The van der Waals surface area contributed by atoms with E-state index < -0.39 is 35.6 Å². The van der Waals surface area contributed by atoms with Crippen molar-refractivity contribution >= 4 is 29.1 Å². The minimum Gasteiger partial charge on any atom is -0.324 e. The van der Waals surface area contributed by atoms with Crippen molar-refractivity contribution in [2.45, 2.75) is 32.9 Å². The molecule has 2 aliphatic heterocycles. The number of amides is 3. The van der Waals surface area contributed by atoms with Crippen LogP contribution in [0.25, 0.3) is 0 Å². The molecule has 154 valence electrons. The summed E-state index contributed by atoms with van der Waals surface area (Å²) in [5, 5.41) is 11.5. The number of rotatable bonds is 4. The van der Waals surface area contributed by atoms with Crippen molar-refractivity contribution < 1.29 is 18.8 Å². The number of imide groups is 1. The van der Waals surface area contributed by atoms with Crippen LogP contribution in [-0.4, -0.2) is 41.4 Å². The molecular weight excluding hydrogens is 389 g/mol. The predicted octanol–water partition coefficient (Wildman–Crippen LogP) is 2.68. The van der Waals surface area contributed by atoms with Crippen molar-refractivity contribution in [2.24, 2.45) is 10.3 Å². The van der Waals surface area contributed by atoms with Crippen molar-refractivity contribution in [1.29, 1.82) is 0 Å². The fourth-order valence-corrected chi connectivity index (χ4v) is 3.49. The monoisotopic (exact) mass is 409 g/mol. The van der Waals surface area contributed by atoms with Crippen molar-refractivity contribution in [3.63, 3.8) is 0 Å². The second kappa shape index (κ2) is 7.33. The second-order valence-electron chi connectivity index (χ2n) is 7.48. The van der Waals surface area contributed by atoms with Crippen molar-refractivity contribution in [2.75, 3.05) is 16.8 Å². The highest BCUT2D eigenvalue weighted by atomic mass is 19.1. The summed E-state index contributed by atoms with van der Waals surface area (Å²) in [4.78, 5) is 39.2. The minimum atomic E-state index is -0.983. The van der Waals surface area contributed by atoms with Gasteiger partial charge in [0.15, 0.2) is 12.1 Å². The molecule has 0 spiro atoms. The summed E-state index contributed by atoms with van der Waals surface area (Å²) in [5.74, 6) is -1.88. The quantitative estimate of drug-likeness (QED) is 0.786. The molecule has 2 aromatic carbocycles. The van der Waals surface area contributed by atoms with Gasteiger partial charge >= 0.3 is 0 Å². The lowest BCUT2D eigenvalue weighted by Gasteiger charge is -2.20. The van der Waals surface area contributed by atoms with E-state index in [2.05, 4.69) is 15.7 Å². The highest BCUT2D eigenvalue weighted by Gasteiger charge is 2.55. The fourth-order valence-electron chi connectivity index (χ4n) is 3.49. The Morgan fingerprint density at radius 3 is 2.47 bits per heavy atom. The van der Waals surface area contributed by atoms with Gasteiger partial charge in [0.05, 0.1) is 5.69 Å². The number of fused-ring (bicyclic) bond motifs is 1. The number of carbonyl (C=O) groups is 3. The molecule has 0 radical (unpaired) electrons. The smallest absolute Gasteiger partial charge is 0.263 e. The average molecular weight is 409 g/mol. The first kappa shape index (κ1) is 19.7. The zero-order valence-electron chi connectivity index (χ0n) is 16.7. The zero-order valence-corrected chi connectivity index (χ0v) is 16.7. The number of nitrogens with one attached hydrogen (secondary N) is 1. The van der Waals surface area contributed by atoms with Crippen molar-refractivity contribution in [1.82, 2.24) is 5.01 Å². The fraction of sp³-hybridized carbons (Fsp3) is 0.286. The lowest BCUT2D eigenvalue weighted by atomic mass is 10.1. The first-order chi connectivity index (χ1) is 14.3. The van der Waals surface area contributed by atoms with Crippen LogP contribution >= 0.6 is 0 Å². The molecule has 2 aromatic rings. The summed E-state index contributed by atoms with van der Waals surface area (Å²) in [5.41, 5.74) is 3.22. The van der Waals surface area contributed by atoms with Gasteiger partial charge in [-0.1, -0.05) is 17.4 Å². The van der Waals surface area contributed by atoms with Crippen molar-refractivity contribution in [3.05, 3.63) is 58.9 Å². The Hall–Kier alpha value is -3.62. The Morgan fingerprint density at radius 1 is 1.03 bits per heavy atom. The Bertz CT molecular complexity index is 1100. The maximum atomic E-state index is 13.7. The summed E-state index contributed by atoms with van der Waals surface area (Å²) < 4.78 is 13.7. The number of nitrogens with zero attached hydrogens (tertiary/aromatic N) is 4. The third-order valence-corrected chi connectivity index (χ3v) is 5.37. The molecule has 0 aromatic heterocycles. The summed E-state index contributed by atoms with van der Waals surface area (Å²) in [6, 6.07) is 7.71. The number of anilines is 2. The van der Waals surface area contributed by atoms with Gasteiger partial charge in [0.25, 0.3) is 11.8 Å². The molecule has 3 amide bonds. The summed E-state index contributed by atoms with van der Waals surface area (Å²) >= 11 is 0. The molecule has 4 rings (SSSR count). The molecule has 8 nitrogen and oxygen atoms in total.